The van der Waals surface area contributed by atoms with E-state index in [9.17, 15) is 0 Å². The number of para-hydroxylation sites is 1. The van der Waals surface area contributed by atoms with Crippen molar-refractivity contribution in [3.05, 3.63) is 29.3 Å². The molecule has 0 bridgehead atoms. The Kier molecular flexibility index (Phi) is 5.12. The lowest BCUT2D eigenvalue weighted by Crippen LogP contribution is -2.12. The monoisotopic (exact) mass is 264 g/mol. The summed E-state index contributed by atoms with van der Waals surface area (Å²) in [5.41, 5.74) is 4.73. The SMILES string of the molecule is Cc1cccc(C)c1OCCCC[N+]1=CSCC1. The molecular formula is C15H22NOS+. The van der Waals surface area contributed by atoms with Crippen molar-refractivity contribution in [2.24, 2.45) is 0 Å². The minimum absolute atomic E-state index is 0.826. The van der Waals surface area contributed by atoms with Crippen LogP contribution in [-0.4, -0.2) is 35.6 Å². The van der Waals surface area contributed by atoms with Gasteiger partial charge in [-0.1, -0.05) is 30.0 Å². The second-order valence-electron chi connectivity index (χ2n) is 4.79. The maximum atomic E-state index is 5.90. The van der Waals surface area contributed by atoms with Crippen molar-refractivity contribution < 1.29 is 9.31 Å². The summed E-state index contributed by atoms with van der Waals surface area (Å²) in [6.45, 7) is 7.43. The van der Waals surface area contributed by atoms with E-state index in [1.807, 2.05) is 11.8 Å². The van der Waals surface area contributed by atoms with Crippen LogP contribution in [0.2, 0.25) is 0 Å². The number of hydrogen-bond donors (Lipinski definition) is 0. The van der Waals surface area contributed by atoms with Gasteiger partial charge < -0.3 is 4.74 Å². The van der Waals surface area contributed by atoms with Crippen LogP contribution < -0.4 is 4.74 Å². The molecule has 98 valence electrons. The first-order valence-electron chi connectivity index (χ1n) is 6.65. The number of ether oxygens (including phenoxy) is 1. The van der Waals surface area contributed by atoms with Gasteiger partial charge in [-0.05, 0) is 31.4 Å². The first-order valence-corrected chi connectivity index (χ1v) is 7.70. The third-order valence-electron chi connectivity index (χ3n) is 3.21. The van der Waals surface area contributed by atoms with Gasteiger partial charge in [-0.2, -0.15) is 0 Å². The van der Waals surface area contributed by atoms with Crippen molar-refractivity contribution in [3.63, 3.8) is 0 Å². The lowest BCUT2D eigenvalue weighted by Gasteiger charge is -2.11. The van der Waals surface area contributed by atoms with E-state index in [-0.39, 0.29) is 0 Å². The Morgan fingerprint density at radius 1 is 1.22 bits per heavy atom. The van der Waals surface area contributed by atoms with Gasteiger partial charge in [0.25, 0.3) is 0 Å². The average molecular weight is 264 g/mol. The largest absolute Gasteiger partial charge is 0.493 e. The highest BCUT2D eigenvalue weighted by atomic mass is 32.2. The fourth-order valence-corrected chi connectivity index (χ4v) is 3.03. The summed E-state index contributed by atoms with van der Waals surface area (Å²) in [4.78, 5) is 0. The van der Waals surface area contributed by atoms with Crippen molar-refractivity contribution >= 4 is 17.3 Å². The van der Waals surface area contributed by atoms with Crippen molar-refractivity contribution in [1.29, 1.82) is 0 Å². The molecule has 0 saturated carbocycles. The molecule has 0 amide bonds. The van der Waals surface area contributed by atoms with E-state index in [0.717, 1.165) is 18.8 Å². The van der Waals surface area contributed by atoms with Crippen LogP contribution in [0.5, 0.6) is 5.75 Å². The fraction of sp³-hybridized carbons (Fsp3) is 0.533. The standard InChI is InChI=1S/C15H22NOS/c1-13-6-5-7-14(2)15(13)17-10-4-3-8-16-9-11-18-12-16/h5-7,12H,3-4,8-11H2,1-2H3/q+1. The molecule has 0 radical (unpaired) electrons. The molecule has 0 saturated heterocycles. The molecule has 2 nitrogen and oxygen atoms in total. The zero-order valence-corrected chi connectivity index (χ0v) is 12.1. The summed E-state index contributed by atoms with van der Waals surface area (Å²) in [6.07, 6.45) is 2.34. The maximum absolute atomic E-state index is 5.90. The number of nitrogens with zero attached hydrogens (tertiary/aromatic N) is 1. The van der Waals surface area contributed by atoms with Crippen LogP contribution in [0, 0.1) is 13.8 Å². The third kappa shape index (κ3) is 3.77. The van der Waals surface area contributed by atoms with Gasteiger partial charge in [0, 0.05) is 6.42 Å². The van der Waals surface area contributed by atoms with E-state index in [0.29, 0.717) is 0 Å². The molecule has 0 aliphatic carbocycles. The van der Waals surface area contributed by atoms with Crippen LogP contribution >= 0.6 is 11.8 Å². The van der Waals surface area contributed by atoms with E-state index < -0.39 is 0 Å². The zero-order chi connectivity index (χ0) is 12.8. The number of hydrogen-bond acceptors (Lipinski definition) is 2. The molecule has 1 aliphatic heterocycles. The molecule has 1 aromatic rings. The van der Waals surface area contributed by atoms with Crippen molar-refractivity contribution in [2.75, 3.05) is 25.4 Å². The molecule has 1 heterocycles. The molecule has 0 aromatic heterocycles. The Morgan fingerprint density at radius 2 is 2.00 bits per heavy atom. The van der Waals surface area contributed by atoms with E-state index in [1.54, 1.807) is 0 Å². The van der Waals surface area contributed by atoms with Crippen LogP contribution in [0.1, 0.15) is 24.0 Å². The molecule has 0 N–H and O–H groups in total. The smallest absolute Gasteiger partial charge is 0.198 e. The predicted octanol–water partition coefficient (Wildman–Crippen LogP) is 3.25. The van der Waals surface area contributed by atoms with Crippen LogP contribution in [-0.2, 0) is 0 Å². The highest BCUT2D eigenvalue weighted by Gasteiger charge is 2.10. The first-order chi connectivity index (χ1) is 8.77. The molecule has 18 heavy (non-hydrogen) atoms. The Balaban J connectivity index is 1.69. The van der Waals surface area contributed by atoms with Gasteiger partial charge in [-0.3, -0.25) is 0 Å². The Morgan fingerprint density at radius 3 is 2.67 bits per heavy atom. The molecule has 1 aliphatic rings. The number of thioether (sulfide) groups is 1. The van der Waals surface area contributed by atoms with Crippen molar-refractivity contribution in [1.82, 2.24) is 0 Å². The minimum Gasteiger partial charge on any atom is -0.493 e. The van der Waals surface area contributed by atoms with Crippen LogP contribution in [0.25, 0.3) is 0 Å². The molecule has 1 aromatic carbocycles. The van der Waals surface area contributed by atoms with Gasteiger partial charge in [0.15, 0.2) is 12.1 Å². The summed E-state index contributed by atoms with van der Waals surface area (Å²) >= 11 is 1.92. The van der Waals surface area contributed by atoms with Gasteiger partial charge in [0.05, 0.1) is 12.4 Å². The zero-order valence-electron chi connectivity index (χ0n) is 11.3. The summed E-state index contributed by atoms with van der Waals surface area (Å²) in [7, 11) is 0. The van der Waals surface area contributed by atoms with Crippen LogP contribution in [0.3, 0.4) is 0 Å². The topological polar surface area (TPSA) is 12.2 Å². The highest BCUT2D eigenvalue weighted by Crippen LogP contribution is 2.22. The normalized spacial score (nSPS) is 14.7. The number of unbranched alkanes of at least 4 members (excludes halogenated alkanes) is 1. The summed E-state index contributed by atoms with van der Waals surface area (Å²) in [6, 6.07) is 6.30. The lowest BCUT2D eigenvalue weighted by atomic mass is 10.1. The molecule has 0 spiro atoms. The molecule has 3 heteroatoms. The fourth-order valence-electron chi connectivity index (χ4n) is 2.16. The molecular weight excluding hydrogens is 242 g/mol. The predicted molar refractivity (Wildman–Crippen MR) is 79.2 cm³/mol. The Bertz CT molecular complexity index is 408. The number of benzene rings is 1. The van der Waals surface area contributed by atoms with Gasteiger partial charge in [-0.15, -0.1) is 0 Å². The number of aryl methyl sites for hydroxylation is 2. The van der Waals surface area contributed by atoms with E-state index in [4.69, 9.17) is 4.74 Å². The third-order valence-corrected chi connectivity index (χ3v) is 4.08. The van der Waals surface area contributed by atoms with Crippen molar-refractivity contribution in [2.45, 2.75) is 26.7 Å². The molecule has 0 unspecified atom stereocenters. The summed E-state index contributed by atoms with van der Waals surface area (Å²) in [5.74, 6) is 2.32. The second kappa shape index (κ2) is 6.83. The molecule has 0 atom stereocenters. The van der Waals surface area contributed by atoms with E-state index in [2.05, 4.69) is 42.2 Å². The maximum Gasteiger partial charge on any atom is 0.198 e. The van der Waals surface area contributed by atoms with Crippen LogP contribution in [0.4, 0.5) is 0 Å². The second-order valence-corrected chi connectivity index (χ2v) is 5.74. The van der Waals surface area contributed by atoms with Crippen molar-refractivity contribution in [3.8, 4) is 5.75 Å². The minimum atomic E-state index is 0.826. The number of rotatable bonds is 6. The van der Waals surface area contributed by atoms with Gasteiger partial charge in [0.1, 0.15) is 12.3 Å². The average Bonchev–Trinajstić information content (AvgIpc) is 2.85. The van der Waals surface area contributed by atoms with Crippen LogP contribution in [0.15, 0.2) is 18.2 Å². The first kappa shape index (κ1) is 13.5. The van der Waals surface area contributed by atoms with Gasteiger partial charge in [-0.25, -0.2) is 4.58 Å². The van der Waals surface area contributed by atoms with Gasteiger partial charge >= 0.3 is 0 Å². The summed E-state index contributed by atoms with van der Waals surface area (Å²) in [5, 5.41) is 0. The highest BCUT2D eigenvalue weighted by molar-refractivity contribution is 8.12. The molecule has 2 rings (SSSR count). The van der Waals surface area contributed by atoms with Gasteiger partial charge in [0.2, 0.25) is 0 Å². The Hall–Kier alpha value is -0.960. The lowest BCUT2D eigenvalue weighted by molar-refractivity contribution is -0.514. The van der Waals surface area contributed by atoms with E-state index >= 15 is 0 Å². The quantitative estimate of drug-likeness (QED) is 0.577. The van der Waals surface area contributed by atoms with E-state index in [1.165, 1.54) is 36.4 Å². The Labute approximate surface area is 114 Å². The summed E-state index contributed by atoms with van der Waals surface area (Å²) < 4.78 is 8.30. The molecule has 0 fully saturated rings.